The maximum absolute atomic E-state index is 12.6. The number of nitrogens with one attached hydrogen (secondary N) is 1. The molecule has 0 bridgehead atoms. The van der Waals surface area contributed by atoms with Crippen molar-refractivity contribution in [3.05, 3.63) is 63.1 Å². The van der Waals surface area contributed by atoms with E-state index in [-0.39, 0.29) is 41.2 Å². The molecule has 150 valence electrons. The summed E-state index contributed by atoms with van der Waals surface area (Å²) in [7, 11) is 1.28. The predicted octanol–water partition coefficient (Wildman–Crippen LogP) is 2.68. The first-order valence-electron chi connectivity index (χ1n) is 8.60. The van der Waals surface area contributed by atoms with Gasteiger partial charge >= 0.3 is 12.4 Å². The molecule has 4 rings (SSSR count). The van der Waals surface area contributed by atoms with Crippen LogP contribution in [0, 0.1) is 0 Å². The topological polar surface area (TPSA) is 99.4 Å². The largest absolute Gasteiger partial charge is 0.493 e. The fourth-order valence-electron chi connectivity index (χ4n) is 3.10. The van der Waals surface area contributed by atoms with Gasteiger partial charge in [0.15, 0.2) is 17.1 Å². The molecule has 2 aromatic heterocycles. The van der Waals surface area contributed by atoms with Crippen molar-refractivity contribution < 1.29 is 22.7 Å². The Balaban J connectivity index is 1.70. The normalized spacial score (nSPS) is 11.4. The molecular formula is C19H15F2N3O5. The Bertz CT molecular complexity index is 1310. The highest BCUT2D eigenvalue weighted by Gasteiger charge is 2.15. The van der Waals surface area contributed by atoms with Crippen LogP contribution in [0.25, 0.3) is 22.0 Å². The van der Waals surface area contributed by atoms with E-state index < -0.39 is 17.9 Å². The number of aromatic amines is 1. The summed E-state index contributed by atoms with van der Waals surface area (Å²) in [6, 6.07) is 9.47. The fraction of sp³-hybridized carbons (Fsp3) is 0.211. The van der Waals surface area contributed by atoms with E-state index in [1.165, 1.54) is 23.8 Å². The molecule has 0 amide bonds. The van der Waals surface area contributed by atoms with Crippen LogP contribution in [0.2, 0.25) is 0 Å². The summed E-state index contributed by atoms with van der Waals surface area (Å²) in [5.41, 5.74) is 0.789. The van der Waals surface area contributed by atoms with Gasteiger partial charge in [-0.3, -0.25) is 9.36 Å². The van der Waals surface area contributed by atoms with Crippen molar-refractivity contribution in [1.29, 1.82) is 0 Å². The minimum absolute atomic E-state index is 0.00531. The smallest absolute Gasteiger partial charge is 0.419 e. The zero-order valence-corrected chi connectivity index (χ0v) is 15.1. The first-order valence-corrected chi connectivity index (χ1v) is 8.60. The molecule has 0 radical (unpaired) electrons. The highest BCUT2D eigenvalue weighted by molar-refractivity contribution is 5.81. The Morgan fingerprint density at radius 2 is 2.00 bits per heavy atom. The van der Waals surface area contributed by atoms with E-state index in [4.69, 9.17) is 9.15 Å². The van der Waals surface area contributed by atoms with Crippen LogP contribution < -0.4 is 20.8 Å². The van der Waals surface area contributed by atoms with Gasteiger partial charge in [-0.25, -0.2) is 9.78 Å². The number of para-hydroxylation sites is 2. The molecule has 2 aromatic carbocycles. The van der Waals surface area contributed by atoms with Crippen LogP contribution >= 0.6 is 0 Å². The Kier molecular flexibility index (Phi) is 4.75. The molecule has 4 aromatic rings. The molecule has 0 fully saturated rings. The van der Waals surface area contributed by atoms with E-state index in [2.05, 4.69) is 14.7 Å². The van der Waals surface area contributed by atoms with Crippen LogP contribution in [0.5, 0.6) is 11.5 Å². The Morgan fingerprint density at radius 3 is 2.76 bits per heavy atom. The van der Waals surface area contributed by atoms with Gasteiger partial charge in [-0.1, -0.05) is 12.1 Å². The number of hydrogen-bond donors (Lipinski definition) is 1. The molecule has 0 atom stereocenters. The minimum Gasteiger partial charge on any atom is -0.493 e. The third kappa shape index (κ3) is 3.56. The van der Waals surface area contributed by atoms with Gasteiger partial charge < -0.3 is 18.9 Å². The summed E-state index contributed by atoms with van der Waals surface area (Å²) in [6.07, 6.45) is 0.214. The lowest BCUT2D eigenvalue weighted by molar-refractivity contribution is -0.0511. The summed E-state index contributed by atoms with van der Waals surface area (Å²) in [5, 5.41) is 0.165. The van der Waals surface area contributed by atoms with E-state index in [1.807, 2.05) is 0 Å². The van der Waals surface area contributed by atoms with Gasteiger partial charge in [0.05, 0.1) is 23.5 Å². The van der Waals surface area contributed by atoms with E-state index >= 15 is 0 Å². The van der Waals surface area contributed by atoms with Gasteiger partial charge in [0, 0.05) is 19.0 Å². The van der Waals surface area contributed by atoms with Gasteiger partial charge in [0.2, 0.25) is 0 Å². The van der Waals surface area contributed by atoms with E-state index in [0.29, 0.717) is 11.1 Å². The number of aryl methyl sites for hydroxylation is 2. The molecule has 0 aliphatic rings. The number of fused-ring (bicyclic) bond motifs is 2. The molecule has 0 unspecified atom stereocenters. The van der Waals surface area contributed by atoms with Gasteiger partial charge in [-0.05, 0) is 18.2 Å². The number of aromatic nitrogens is 3. The summed E-state index contributed by atoms with van der Waals surface area (Å²) in [4.78, 5) is 31.4. The number of hydrogen-bond acceptors (Lipinski definition) is 6. The van der Waals surface area contributed by atoms with Crippen molar-refractivity contribution in [1.82, 2.24) is 14.5 Å². The Hall–Kier alpha value is -3.69. The van der Waals surface area contributed by atoms with Crippen molar-refractivity contribution >= 4 is 22.0 Å². The average Bonchev–Trinajstić information content (AvgIpc) is 3.00. The van der Waals surface area contributed by atoms with Crippen molar-refractivity contribution in [3.8, 4) is 11.5 Å². The number of rotatable bonds is 6. The average molecular weight is 403 g/mol. The second kappa shape index (κ2) is 7.38. The molecule has 1 N–H and O–H groups in total. The van der Waals surface area contributed by atoms with Gasteiger partial charge in [-0.15, -0.1) is 0 Å². The highest BCUT2D eigenvalue weighted by atomic mass is 19.3. The number of alkyl halides is 2. The maximum Gasteiger partial charge on any atom is 0.419 e. The Morgan fingerprint density at radius 1 is 1.21 bits per heavy atom. The fourth-order valence-corrected chi connectivity index (χ4v) is 3.10. The maximum atomic E-state index is 12.6. The zero-order chi connectivity index (χ0) is 20.5. The highest BCUT2D eigenvalue weighted by Crippen LogP contribution is 2.31. The molecule has 2 heterocycles. The van der Waals surface area contributed by atoms with Crippen LogP contribution in [0.3, 0.4) is 0 Å². The third-order valence-electron chi connectivity index (χ3n) is 4.40. The number of nitrogens with zero attached hydrogens (tertiary/aromatic N) is 2. The summed E-state index contributed by atoms with van der Waals surface area (Å²) >= 11 is 0. The summed E-state index contributed by atoms with van der Waals surface area (Å²) in [5.74, 6) is -0.468. The lowest BCUT2D eigenvalue weighted by atomic mass is 10.2. The van der Waals surface area contributed by atoms with Crippen molar-refractivity contribution in [2.24, 2.45) is 0 Å². The molecule has 0 saturated heterocycles. The standard InChI is InChI=1S/C19H15F2N3O5/c1-27-14-8-10-11(9-15(14)28-18(20)21)22-16(23-17(10)25)6-7-24-12-4-2-3-5-13(12)29-19(24)26/h2-5,8-9,18H,6-7H2,1H3,(H,22,23,25). The van der Waals surface area contributed by atoms with Crippen LogP contribution in [-0.4, -0.2) is 28.3 Å². The van der Waals surface area contributed by atoms with Crippen LogP contribution in [0.1, 0.15) is 5.82 Å². The minimum atomic E-state index is -3.05. The molecule has 0 aliphatic heterocycles. The van der Waals surface area contributed by atoms with Gasteiger partial charge in [-0.2, -0.15) is 8.78 Å². The number of halogens is 2. The van der Waals surface area contributed by atoms with E-state index in [1.54, 1.807) is 24.3 Å². The third-order valence-corrected chi connectivity index (χ3v) is 4.40. The molecular weight excluding hydrogens is 388 g/mol. The van der Waals surface area contributed by atoms with Crippen LogP contribution in [0.4, 0.5) is 8.78 Å². The predicted molar refractivity (Wildman–Crippen MR) is 99.7 cm³/mol. The first-order chi connectivity index (χ1) is 14.0. The first kappa shape index (κ1) is 18.7. The Labute approximate surface area is 161 Å². The van der Waals surface area contributed by atoms with E-state index in [9.17, 15) is 18.4 Å². The van der Waals surface area contributed by atoms with Gasteiger partial charge in [0.1, 0.15) is 5.82 Å². The number of ether oxygens (including phenoxy) is 2. The number of oxazole rings is 1. The molecule has 0 aliphatic carbocycles. The van der Waals surface area contributed by atoms with Crippen molar-refractivity contribution in [2.75, 3.05) is 7.11 Å². The lowest BCUT2D eigenvalue weighted by Crippen LogP contribution is -2.18. The molecule has 10 heteroatoms. The molecule has 0 spiro atoms. The summed E-state index contributed by atoms with van der Waals surface area (Å²) < 4.78 is 41.3. The van der Waals surface area contributed by atoms with Crippen molar-refractivity contribution in [2.45, 2.75) is 19.6 Å². The second-order valence-electron chi connectivity index (χ2n) is 6.15. The number of methoxy groups -OCH3 is 1. The quantitative estimate of drug-likeness (QED) is 0.531. The number of benzene rings is 2. The van der Waals surface area contributed by atoms with E-state index in [0.717, 1.165) is 0 Å². The monoisotopic (exact) mass is 403 g/mol. The zero-order valence-electron chi connectivity index (χ0n) is 15.1. The van der Waals surface area contributed by atoms with Crippen LogP contribution in [0.15, 0.2) is 50.4 Å². The SMILES string of the molecule is COc1cc2c(=O)[nH]c(CCn3c(=O)oc4ccccc43)nc2cc1OC(F)F. The van der Waals surface area contributed by atoms with Gasteiger partial charge in [0.25, 0.3) is 5.56 Å². The molecule has 0 saturated carbocycles. The molecule has 29 heavy (non-hydrogen) atoms. The molecule has 8 nitrogen and oxygen atoms in total. The summed E-state index contributed by atoms with van der Waals surface area (Å²) in [6.45, 7) is -2.84. The lowest BCUT2D eigenvalue weighted by Gasteiger charge is -2.11. The van der Waals surface area contributed by atoms with Crippen LogP contribution in [-0.2, 0) is 13.0 Å². The number of H-pyrrole nitrogens is 1. The second-order valence-corrected chi connectivity index (χ2v) is 6.15. The van der Waals surface area contributed by atoms with Crippen molar-refractivity contribution in [3.63, 3.8) is 0 Å².